The summed E-state index contributed by atoms with van der Waals surface area (Å²) in [4.78, 5) is 29.2. The van der Waals surface area contributed by atoms with E-state index in [2.05, 4.69) is 5.32 Å². The molecule has 0 bridgehead atoms. The fraction of sp³-hybridized carbons (Fsp3) is 0.355. The van der Waals surface area contributed by atoms with E-state index >= 15 is 0 Å². The van der Waals surface area contributed by atoms with Crippen LogP contribution in [0.4, 0.5) is 5.69 Å². The molecule has 1 N–H and O–H groups in total. The molecule has 0 heterocycles. The van der Waals surface area contributed by atoms with Gasteiger partial charge in [-0.15, -0.1) is 0 Å². The molecule has 4 rings (SSSR count). The predicted molar refractivity (Wildman–Crippen MR) is 164 cm³/mol. The van der Waals surface area contributed by atoms with Crippen LogP contribution in [-0.4, -0.2) is 43.8 Å². The van der Waals surface area contributed by atoms with Gasteiger partial charge in [0.1, 0.15) is 12.6 Å². The van der Waals surface area contributed by atoms with Gasteiger partial charge in [-0.05, 0) is 68.1 Å². The van der Waals surface area contributed by atoms with E-state index in [-0.39, 0.29) is 29.1 Å². The first kappa shape index (κ1) is 30.9. The molecule has 7 nitrogen and oxygen atoms in total. The highest BCUT2D eigenvalue weighted by atomic mass is 35.5. The molecule has 0 saturated heterocycles. The number of benzene rings is 3. The summed E-state index contributed by atoms with van der Waals surface area (Å²) >= 11 is 12.7. The minimum atomic E-state index is -4.17. The molecule has 0 radical (unpaired) electrons. The van der Waals surface area contributed by atoms with Gasteiger partial charge in [-0.3, -0.25) is 13.9 Å². The molecule has 10 heteroatoms. The van der Waals surface area contributed by atoms with E-state index < -0.39 is 28.5 Å². The molecule has 1 fully saturated rings. The highest BCUT2D eigenvalue weighted by molar-refractivity contribution is 7.92. The number of halogens is 2. The number of carbonyl (C=O) groups is 2. The topological polar surface area (TPSA) is 86.8 Å². The van der Waals surface area contributed by atoms with Crippen molar-refractivity contribution in [3.8, 4) is 0 Å². The van der Waals surface area contributed by atoms with E-state index in [0.717, 1.165) is 35.6 Å². The summed E-state index contributed by atoms with van der Waals surface area (Å²) < 4.78 is 28.9. The third-order valence-corrected chi connectivity index (χ3v) is 9.76. The van der Waals surface area contributed by atoms with E-state index in [9.17, 15) is 18.0 Å². The van der Waals surface area contributed by atoms with Gasteiger partial charge in [-0.1, -0.05) is 84.9 Å². The Balaban J connectivity index is 1.72. The van der Waals surface area contributed by atoms with E-state index in [1.807, 2.05) is 19.9 Å². The van der Waals surface area contributed by atoms with Gasteiger partial charge >= 0.3 is 0 Å². The van der Waals surface area contributed by atoms with Crippen LogP contribution in [0.5, 0.6) is 0 Å². The van der Waals surface area contributed by atoms with Crippen molar-refractivity contribution in [3.05, 3.63) is 94.0 Å². The fourth-order valence-electron chi connectivity index (χ4n) is 5.09. The summed E-state index contributed by atoms with van der Waals surface area (Å²) in [7, 11) is -4.17. The monoisotopic (exact) mass is 615 g/mol. The van der Waals surface area contributed by atoms with Crippen LogP contribution in [0.15, 0.2) is 77.7 Å². The fourth-order valence-corrected chi connectivity index (χ4v) is 6.88. The van der Waals surface area contributed by atoms with Gasteiger partial charge in [0.25, 0.3) is 10.0 Å². The molecule has 218 valence electrons. The number of anilines is 1. The number of aryl methyl sites for hydroxylation is 1. The van der Waals surface area contributed by atoms with Crippen molar-refractivity contribution >= 4 is 50.7 Å². The average molecular weight is 617 g/mol. The SMILES string of the molecule is CC[C@@H](C(=O)NC1CCCC1)N(Cc1ccccc1Cl)C(=O)CN(c1cccc(Cl)c1)S(=O)(=O)c1ccc(C)cc1. The Labute approximate surface area is 252 Å². The molecule has 3 aromatic carbocycles. The molecule has 1 saturated carbocycles. The second-order valence-electron chi connectivity index (χ2n) is 10.3. The van der Waals surface area contributed by atoms with Crippen LogP contribution >= 0.6 is 23.2 Å². The van der Waals surface area contributed by atoms with Crippen molar-refractivity contribution in [1.82, 2.24) is 10.2 Å². The summed E-state index contributed by atoms with van der Waals surface area (Å²) in [5, 5.41) is 3.89. The van der Waals surface area contributed by atoms with Gasteiger partial charge in [0, 0.05) is 22.6 Å². The number of amides is 2. The van der Waals surface area contributed by atoms with Crippen LogP contribution < -0.4 is 9.62 Å². The van der Waals surface area contributed by atoms with Crippen LogP contribution in [0.25, 0.3) is 0 Å². The number of carbonyl (C=O) groups excluding carboxylic acids is 2. The van der Waals surface area contributed by atoms with Crippen molar-refractivity contribution in [2.24, 2.45) is 0 Å². The van der Waals surface area contributed by atoms with E-state index in [0.29, 0.717) is 22.0 Å². The van der Waals surface area contributed by atoms with Gasteiger partial charge < -0.3 is 10.2 Å². The van der Waals surface area contributed by atoms with Crippen molar-refractivity contribution in [1.29, 1.82) is 0 Å². The number of nitrogens with one attached hydrogen (secondary N) is 1. The molecule has 2 amide bonds. The van der Waals surface area contributed by atoms with E-state index in [1.165, 1.54) is 23.1 Å². The summed E-state index contributed by atoms with van der Waals surface area (Å²) in [6, 6.07) is 19.2. The Bertz CT molecular complexity index is 1470. The van der Waals surface area contributed by atoms with Crippen LogP contribution in [-0.2, 0) is 26.2 Å². The largest absolute Gasteiger partial charge is 0.352 e. The maximum Gasteiger partial charge on any atom is 0.264 e. The zero-order valence-electron chi connectivity index (χ0n) is 23.2. The molecule has 1 aliphatic rings. The quantitative estimate of drug-likeness (QED) is 0.272. The van der Waals surface area contributed by atoms with Crippen LogP contribution in [0.2, 0.25) is 10.0 Å². The van der Waals surface area contributed by atoms with Crippen molar-refractivity contribution in [2.45, 2.75) is 69.5 Å². The standard InChI is InChI=1S/C31H35Cl2N3O4S/c1-3-29(31(38)34-25-11-5-6-12-25)35(20-23-9-4-7-14-28(23)33)30(37)21-36(26-13-8-10-24(32)19-26)41(39,40)27-17-15-22(2)16-18-27/h4,7-10,13-19,25,29H,3,5-6,11-12,20-21H2,1-2H3,(H,34,38)/t29-/m0/s1. The minimum absolute atomic E-state index is 0.0412. The first-order chi connectivity index (χ1) is 19.6. The predicted octanol–water partition coefficient (Wildman–Crippen LogP) is 6.36. The maximum absolute atomic E-state index is 14.2. The Morgan fingerprint density at radius 1 is 0.976 bits per heavy atom. The average Bonchev–Trinajstić information content (AvgIpc) is 3.45. The number of nitrogens with zero attached hydrogens (tertiary/aromatic N) is 2. The molecular weight excluding hydrogens is 581 g/mol. The third-order valence-electron chi connectivity index (χ3n) is 7.37. The first-order valence-electron chi connectivity index (χ1n) is 13.8. The summed E-state index contributed by atoms with van der Waals surface area (Å²) in [6.45, 7) is 3.21. The minimum Gasteiger partial charge on any atom is -0.352 e. The highest BCUT2D eigenvalue weighted by Gasteiger charge is 2.34. The number of hydrogen-bond acceptors (Lipinski definition) is 4. The van der Waals surface area contributed by atoms with E-state index in [4.69, 9.17) is 23.2 Å². The maximum atomic E-state index is 14.2. The molecule has 0 aromatic heterocycles. The van der Waals surface area contributed by atoms with Crippen molar-refractivity contribution < 1.29 is 18.0 Å². The Morgan fingerprint density at radius 3 is 2.29 bits per heavy atom. The van der Waals surface area contributed by atoms with Crippen LogP contribution in [0, 0.1) is 6.92 Å². The van der Waals surface area contributed by atoms with E-state index in [1.54, 1.807) is 48.5 Å². The first-order valence-corrected chi connectivity index (χ1v) is 16.0. The molecule has 0 spiro atoms. The smallest absolute Gasteiger partial charge is 0.264 e. The normalized spacial score (nSPS) is 14.4. The van der Waals surface area contributed by atoms with Crippen molar-refractivity contribution in [2.75, 3.05) is 10.8 Å². The Morgan fingerprint density at radius 2 is 1.66 bits per heavy atom. The Kier molecular flexibility index (Phi) is 10.3. The summed E-state index contributed by atoms with van der Waals surface area (Å²) in [5.74, 6) is -0.787. The van der Waals surface area contributed by atoms with Crippen molar-refractivity contribution in [3.63, 3.8) is 0 Å². The lowest BCUT2D eigenvalue weighted by atomic mass is 10.1. The summed E-state index contributed by atoms with van der Waals surface area (Å²) in [5.41, 5.74) is 1.80. The van der Waals surface area contributed by atoms with Gasteiger partial charge in [-0.2, -0.15) is 0 Å². The zero-order chi connectivity index (χ0) is 29.6. The molecule has 1 aliphatic carbocycles. The molecular formula is C31H35Cl2N3O4S. The number of hydrogen-bond donors (Lipinski definition) is 1. The van der Waals surface area contributed by atoms with Gasteiger partial charge in [0.15, 0.2) is 0 Å². The Hall–Kier alpha value is -3.07. The van der Waals surface area contributed by atoms with Crippen LogP contribution in [0.3, 0.4) is 0 Å². The number of sulfonamides is 1. The lowest BCUT2D eigenvalue weighted by molar-refractivity contribution is -0.140. The van der Waals surface area contributed by atoms with Crippen LogP contribution in [0.1, 0.15) is 50.2 Å². The molecule has 1 atom stereocenters. The highest BCUT2D eigenvalue weighted by Crippen LogP contribution is 2.28. The van der Waals surface area contributed by atoms with Gasteiger partial charge in [-0.25, -0.2) is 8.42 Å². The molecule has 0 unspecified atom stereocenters. The summed E-state index contributed by atoms with van der Waals surface area (Å²) in [6.07, 6.45) is 4.25. The lowest BCUT2D eigenvalue weighted by Gasteiger charge is -2.34. The molecule has 3 aromatic rings. The molecule has 0 aliphatic heterocycles. The zero-order valence-corrected chi connectivity index (χ0v) is 25.6. The van der Waals surface area contributed by atoms with Gasteiger partial charge in [0.05, 0.1) is 10.6 Å². The second kappa shape index (κ2) is 13.7. The molecule has 41 heavy (non-hydrogen) atoms. The second-order valence-corrected chi connectivity index (χ2v) is 13.0. The third kappa shape index (κ3) is 7.61. The lowest BCUT2D eigenvalue weighted by Crippen LogP contribution is -2.53. The number of rotatable bonds is 11. The van der Waals surface area contributed by atoms with Gasteiger partial charge in [0.2, 0.25) is 11.8 Å².